The molecule has 4 aromatic rings. The largest absolute Gasteiger partial charge is 0.790 e. The van der Waals surface area contributed by atoms with Crippen LogP contribution >= 0.6 is 0 Å². The van der Waals surface area contributed by atoms with Gasteiger partial charge in [-0.15, -0.1) is 0 Å². The molecule has 32 heavy (non-hydrogen) atoms. The quantitative estimate of drug-likeness (QED) is 0.368. The van der Waals surface area contributed by atoms with Crippen molar-refractivity contribution < 1.29 is 17.9 Å². The highest BCUT2D eigenvalue weighted by molar-refractivity contribution is 7.91. The second kappa shape index (κ2) is 8.16. The number of carbonyl (C=O) groups excluding carboxylic acids is 1. The van der Waals surface area contributed by atoms with Crippen LogP contribution in [-0.2, 0) is 9.84 Å². The number of hydrogen-bond donors (Lipinski definition) is 1. The molecule has 9 nitrogen and oxygen atoms in total. The van der Waals surface area contributed by atoms with E-state index in [1.807, 2.05) is 0 Å². The fraction of sp³-hybridized carbons (Fsp3) is 0.0455. The number of rotatable bonds is 5. The van der Waals surface area contributed by atoms with Crippen LogP contribution in [0.3, 0.4) is 0 Å². The highest BCUT2D eigenvalue weighted by Crippen LogP contribution is 2.28. The van der Waals surface area contributed by atoms with Crippen LogP contribution in [0.5, 0.6) is 0 Å². The van der Waals surface area contributed by atoms with Crippen LogP contribution in [-0.4, -0.2) is 31.3 Å². The highest BCUT2D eigenvalue weighted by Gasteiger charge is 2.24. The molecule has 0 aliphatic carbocycles. The number of carbonyl (C=O) groups is 1. The predicted molar refractivity (Wildman–Crippen MR) is 118 cm³/mol. The Kier molecular flexibility index (Phi) is 5.37. The minimum absolute atomic E-state index is 0.00290. The van der Waals surface area contributed by atoms with Crippen LogP contribution in [0.25, 0.3) is 23.1 Å². The zero-order valence-corrected chi connectivity index (χ0v) is 17.6. The maximum absolute atomic E-state index is 13.2. The van der Waals surface area contributed by atoms with E-state index in [9.17, 15) is 23.6 Å². The summed E-state index contributed by atoms with van der Waals surface area (Å²) in [7, 11) is -2.68. The average molecular weight is 449 g/mol. The van der Waals surface area contributed by atoms with Gasteiger partial charge in [0, 0.05) is 30.6 Å². The summed E-state index contributed by atoms with van der Waals surface area (Å²) in [5, 5.41) is 30.9. The fourth-order valence-corrected chi connectivity index (χ4v) is 4.74. The molecule has 0 aliphatic heterocycles. The Balaban J connectivity index is 1.78. The van der Waals surface area contributed by atoms with Gasteiger partial charge in [0.15, 0.2) is 6.20 Å². The monoisotopic (exact) mass is 449 g/mol. The average Bonchev–Trinajstić information content (AvgIpc) is 3.13. The van der Waals surface area contributed by atoms with E-state index in [4.69, 9.17) is 0 Å². The molecular formula is C22H17N4O5S-. The maximum atomic E-state index is 13.2. The molecule has 0 unspecified atom stereocenters. The second-order valence-electron chi connectivity index (χ2n) is 6.80. The minimum atomic E-state index is -4.09. The first-order valence-electron chi connectivity index (χ1n) is 9.45. The SMILES string of the molecule is CNC(=O)c1ccccc1S(=O)(=O)c1ccc2c(/C=C/c3cccc[n+]3[O-])nn([O-])c2c1. The van der Waals surface area contributed by atoms with E-state index >= 15 is 0 Å². The predicted octanol–water partition coefficient (Wildman–Crippen LogP) is 2.38. The number of hydrogen-bond acceptors (Lipinski definition) is 6. The lowest BCUT2D eigenvalue weighted by Crippen LogP contribution is -2.28. The lowest BCUT2D eigenvalue weighted by Gasteiger charge is -2.11. The first-order chi connectivity index (χ1) is 15.3. The Morgan fingerprint density at radius 3 is 2.59 bits per heavy atom. The van der Waals surface area contributed by atoms with Crippen LogP contribution in [0.15, 0.2) is 76.7 Å². The molecule has 0 aliphatic rings. The van der Waals surface area contributed by atoms with Gasteiger partial charge in [-0.1, -0.05) is 12.1 Å². The van der Waals surface area contributed by atoms with Crippen molar-refractivity contribution in [3.05, 3.63) is 94.2 Å². The summed E-state index contributed by atoms with van der Waals surface area (Å²) in [5.74, 6) is -0.539. The first-order valence-corrected chi connectivity index (χ1v) is 10.9. The van der Waals surface area contributed by atoms with Crippen molar-refractivity contribution in [2.45, 2.75) is 9.79 Å². The molecule has 1 amide bonds. The van der Waals surface area contributed by atoms with Crippen LogP contribution in [0.2, 0.25) is 0 Å². The van der Waals surface area contributed by atoms with Crippen molar-refractivity contribution in [2.24, 2.45) is 0 Å². The zero-order valence-electron chi connectivity index (χ0n) is 16.8. The van der Waals surface area contributed by atoms with E-state index in [1.54, 1.807) is 24.3 Å². The smallest absolute Gasteiger partial charge is 0.252 e. The molecule has 0 saturated carbocycles. The third-order valence-corrected chi connectivity index (χ3v) is 6.68. The Hall–Kier alpha value is -4.18. The summed E-state index contributed by atoms with van der Waals surface area (Å²) in [6.07, 6.45) is 4.37. The molecule has 0 bridgehead atoms. The number of nitrogens with one attached hydrogen (secondary N) is 1. The van der Waals surface area contributed by atoms with E-state index in [0.29, 0.717) is 20.7 Å². The van der Waals surface area contributed by atoms with Crippen LogP contribution < -0.4 is 10.0 Å². The summed E-state index contributed by atoms with van der Waals surface area (Å²) in [6.45, 7) is 0. The molecular weight excluding hydrogens is 432 g/mol. The maximum Gasteiger partial charge on any atom is 0.252 e. The molecule has 2 aromatic carbocycles. The Morgan fingerprint density at radius 1 is 1.09 bits per heavy atom. The van der Waals surface area contributed by atoms with Crippen molar-refractivity contribution >= 4 is 38.8 Å². The van der Waals surface area contributed by atoms with Gasteiger partial charge in [-0.25, -0.2) is 8.42 Å². The van der Waals surface area contributed by atoms with E-state index < -0.39 is 15.7 Å². The van der Waals surface area contributed by atoms with Crippen molar-refractivity contribution in [1.29, 1.82) is 0 Å². The van der Waals surface area contributed by atoms with Crippen molar-refractivity contribution in [2.75, 3.05) is 7.05 Å². The third-order valence-electron chi connectivity index (χ3n) is 4.87. The zero-order chi connectivity index (χ0) is 22.9. The molecule has 0 radical (unpaired) electrons. The highest BCUT2D eigenvalue weighted by atomic mass is 32.2. The van der Waals surface area contributed by atoms with Gasteiger partial charge in [0.2, 0.25) is 15.5 Å². The number of sulfone groups is 1. The molecule has 10 heteroatoms. The summed E-state index contributed by atoms with van der Waals surface area (Å²) >= 11 is 0. The van der Waals surface area contributed by atoms with Gasteiger partial charge in [0.1, 0.15) is 0 Å². The van der Waals surface area contributed by atoms with Gasteiger partial charge in [-0.2, -0.15) is 9.83 Å². The summed E-state index contributed by atoms with van der Waals surface area (Å²) in [6, 6.07) is 14.8. The topological polar surface area (TPSA) is 131 Å². The van der Waals surface area contributed by atoms with Gasteiger partial charge in [-0.05, 0) is 42.5 Å². The van der Waals surface area contributed by atoms with Gasteiger partial charge in [0.05, 0.1) is 26.6 Å². The summed E-state index contributed by atoms with van der Waals surface area (Å²) < 4.78 is 27.1. The van der Waals surface area contributed by atoms with Crippen LogP contribution in [0.1, 0.15) is 21.7 Å². The van der Waals surface area contributed by atoms with E-state index in [-0.39, 0.29) is 26.6 Å². The van der Waals surface area contributed by atoms with Crippen molar-refractivity contribution in [3.8, 4) is 0 Å². The minimum Gasteiger partial charge on any atom is -0.790 e. The van der Waals surface area contributed by atoms with Crippen LogP contribution in [0.4, 0.5) is 0 Å². The second-order valence-corrected chi connectivity index (χ2v) is 8.72. The van der Waals surface area contributed by atoms with Crippen molar-refractivity contribution in [3.63, 3.8) is 0 Å². The van der Waals surface area contributed by atoms with Gasteiger partial charge in [-0.3, -0.25) is 9.64 Å². The number of benzene rings is 2. The number of nitrogens with zero attached hydrogens (tertiary/aromatic N) is 3. The van der Waals surface area contributed by atoms with Crippen LogP contribution in [0, 0.1) is 10.4 Å². The first kappa shape index (κ1) is 21.1. The Bertz CT molecular complexity index is 1470. The molecule has 0 fully saturated rings. The number of amides is 1. The lowest BCUT2D eigenvalue weighted by molar-refractivity contribution is -0.607. The number of fused-ring (bicyclic) bond motifs is 1. The van der Waals surface area contributed by atoms with Crippen molar-refractivity contribution in [1.82, 2.24) is 15.3 Å². The summed E-state index contributed by atoms with van der Waals surface area (Å²) in [5.41, 5.74) is 0.689. The standard InChI is InChI=1S/C22H17N4O5S/c1-23-22(27)18-7-2-3-8-21(18)32(30,31)16-10-11-17-19(24-26(29)20(17)14-16)12-9-15-6-4-5-13-25(15)28/h2-14H,1H3,(H,23,27)/q-1/b12-9+. The molecule has 0 saturated heterocycles. The van der Waals surface area contributed by atoms with E-state index in [2.05, 4.69) is 10.4 Å². The third kappa shape index (κ3) is 3.67. The molecule has 0 spiro atoms. The van der Waals surface area contributed by atoms with Gasteiger partial charge >= 0.3 is 0 Å². The van der Waals surface area contributed by atoms with Gasteiger partial charge in [0.25, 0.3) is 5.91 Å². The number of pyridine rings is 1. The molecule has 162 valence electrons. The lowest BCUT2D eigenvalue weighted by atomic mass is 10.2. The van der Waals surface area contributed by atoms with Gasteiger partial charge < -0.3 is 15.7 Å². The van der Waals surface area contributed by atoms with E-state index in [0.717, 1.165) is 0 Å². The number of aromatic nitrogens is 3. The molecule has 1 N–H and O–H groups in total. The Labute approximate surface area is 183 Å². The molecule has 0 atom stereocenters. The fourth-order valence-electron chi connectivity index (χ4n) is 3.27. The molecule has 2 aromatic heterocycles. The summed E-state index contributed by atoms with van der Waals surface area (Å²) in [4.78, 5) is 12.1. The normalized spacial score (nSPS) is 11.8. The van der Waals surface area contributed by atoms with E-state index in [1.165, 1.54) is 61.8 Å². The molecule has 4 rings (SSSR count). The molecule has 2 heterocycles. The Morgan fingerprint density at radius 2 is 1.84 bits per heavy atom.